The molecule has 3 nitrogen and oxygen atoms in total. The van der Waals surface area contributed by atoms with Crippen molar-refractivity contribution in [3.8, 4) is 0 Å². The summed E-state index contributed by atoms with van der Waals surface area (Å²) in [5.74, 6) is 1.87. The Hall–Kier alpha value is -2.13. The molecule has 0 saturated heterocycles. The van der Waals surface area contributed by atoms with Crippen molar-refractivity contribution in [1.82, 2.24) is 9.55 Å². The van der Waals surface area contributed by atoms with E-state index in [0.717, 1.165) is 23.3 Å². The Morgan fingerprint density at radius 2 is 1.74 bits per heavy atom. The van der Waals surface area contributed by atoms with Crippen LogP contribution in [0.5, 0.6) is 0 Å². The maximum atomic E-state index is 6.07. The SMILES string of the molecule is CC(C)c1ccc(CC(CN)c2nc3ccccc3n2C)cc1. The number of imidazole rings is 1. The average Bonchev–Trinajstić information content (AvgIpc) is 2.90. The van der Waals surface area contributed by atoms with Gasteiger partial charge in [0.1, 0.15) is 5.82 Å². The molecule has 1 aromatic heterocycles. The zero-order chi connectivity index (χ0) is 16.4. The smallest absolute Gasteiger partial charge is 0.114 e. The molecule has 1 unspecified atom stereocenters. The minimum absolute atomic E-state index is 0.234. The molecule has 0 bridgehead atoms. The second-order valence-corrected chi connectivity index (χ2v) is 6.55. The van der Waals surface area contributed by atoms with Gasteiger partial charge in [-0.3, -0.25) is 0 Å². The van der Waals surface area contributed by atoms with Crippen molar-refractivity contribution in [2.75, 3.05) is 6.54 Å². The molecule has 0 fully saturated rings. The van der Waals surface area contributed by atoms with E-state index in [2.05, 4.69) is 67.9 Å². The fourth-order valence-electron chi connectivity index (χ4n) is 3.13. The summed E-state index contributed by atoms with van der Waals surface area (Å²) in [6.45, 7) is 5.04. The highest BCUT2D eigenvalue weighted by molar-refractivity contribution is 5.75. The van der Waals surface area contributed by atoms with Crippen LogP contribution in [0.25, 0.3) is 11.0 Å². The van der Waals surface area contributed by atoms with E-state index >= 15 is 0 Å². The third-order valence-electron chi connectivity index (χ3n) is 4.60. The van der Waals surface area contributed by atoms with Crippen molar-refractivity contribution in [3.05, 3.63) is 65.5 Å². The third-order valence-corrected chi connectivity index (χ3v) is 4.60. The molecule has 23 heavy (non-hydrogen) atoms. The topological polar surface area (TPSA) is 43.8 Å². The molecule has 3 heteroatoms. The van der Waals surface area contributed by atoms with Gasteiger partial charge in [-0.05, 0) is 35.6 Å². The molecule has 1 heterocycles. The summed E-state index contributed by atoms with van der Waals surface area (Å²) >= 11 is 0. The first-order chi connectivity index (χ1) is 11.1. The molecule has 3 rings (SSSR count). The van der Waals surface area contributed by atoms with Crippen LogP contribution in [0.1, 0.15) is 42.6 Å². The molecule has 0 amide bonds. The monoisotopic (exact) mass is 307 g/mol. The molecule has 2 N–H and O–H groups in total. The Morgan fingerprint density at radius 3 is 2.35 bits per heavy atom. The fourth-order valence-corrected chi connectivity index (χ4v) is 3.13. The van der Waals surface area contributed by atoms with E-state index in [0.29, 0.717) is 12.5 Å². The van der Waals surface area contributed by atoms with Crippen LogP contribution < -0.4 is 5.73 Å². The van der Waals surface area contributed by atoms with Gasteiger partial charge in [0, 0.05) is 19.5 Å². The summed E-state index contributed by atoms with van der Waals surface area (Å²) in [6, 6.07) is 17.1. The molecule has 0 radical (unpaired) electrons. The van der Waals surface area contributed by atoms with Gasteiger partial charge in [0.2, 0.25) is 0 Å². The first-order valence-electron chi connectivity index (χ1n) is 8.30. The zero-order valence-electron chi connectivity index (χ0n) is 14.2. The number of hydrogen-bond acceptors (Lipinski definition) is 2. The minimum Gasteiger partial charge on any atom is -0.331 e. The number of hydrogen-bond donors (Lipinski definition) is 1. The predicted octanol–water partition coefficient (Wildman–Crippen LogP) is 3.98. The van der Waals surface area contributed by atoms with Crippen LogP contribution in [-0.2, 0) is 13.5 Å². The normalized spacial score (nSPS) is 12.9. The van der Waals surface area contributed by atoms with Crippen LogP contribution in [0, 0.1) is 0 Å². The van der Waals surface area contributed by atoms with Gasteiger partial charge in [-0.1, -0.05) is 50.2 Å². The average molecular weight is 307 g/mol. The summed E-state index contributed by atoms with van der Waals surface area (Å²) in [5.41, 5.74) is 11.0. The zero-order valence-corrected chi connectivity index (χ0v) is 14.2. The summed E-state index contributed by atoms with van der Waals surface area (Å²) in [6.07, 6.45) is 0.923. The van der Waals surface area contributed by atoms with Crippen molar-refractivity contribution in [2.45, 2.75) is 32.1 Å². The molecular formula is C20H25N3. The summed E-state index contributed by atoms with van der Waals surface area (Å²) in [4.78, 5) is 4.81. The van der Waals surface area contributed by atoms with Crippen molar-refractivity contribution >= 4 is 11.0 Å². The molecule has 0 spiro atoms. The van der Waals surface area contributed by atoms with Gasteiger partial charge < -0.3 is 10.3 Å². The minimum atomic E-state index is 0.234. The Labute approximate surface area is 138 Å². The van der Waals surface area contributed by atoms with Gasteiger partial charge in [-0.2, -0.15) is 0 Å². The Balaban J connectivity index is 1.88. The van der Waals surface area contributed by atoms with Crippen molar-refractivity contribution in [1.29, 1.82) is 0 Å². The maximum absolute atomic E-state index is 6.07. The predicted molar refractivity (Wildman–Crippen MR) is 96.7 cm³/mol. The molecule has 2 aromatic carbocycles. The van der Waals surface area contributed by atoms with Gasteiger partial charge in [-0.25, -0.2) is 4.98 Å². The lowest BCUT2D eigenvalue weighted by atomic mass is 9.95. The number of fused-ring (bicyclic) bond motifs is 1. The van der Waals surface area contributed by atoms with Gasteiger partial charge in [0.15, 0.2) is 0 Å². The van der Waals surface area contributed by atoms with Gasteiger partial charge >= 0.3 is 0 Å². The van der Waals surface area contributed by atoms with Crippen molar-refractivity contribution < 1.29 is 0 Å². The first-order valence-corrected chi connectivity index (χ1v) is 8.30. The molecule has 0 aliphatic heterocycles. The third kappa shape index (κ3) is 3.15. The second kappa shape index (κ2) is 6.55. The second-order valence-electron chi connectivity index (χ2n) is 6.55. The number of aryl methyl sites for hydroxylation is 1. The van der Waals surface area contributed by atoms with Crippen molar-refractivity contribution in [3.63, 3.8) is 0 Å². The fraction of sp³-hybridized carbons (Fsp3) is 0.350. The maximum Gasteiger partial charge on any atom is 0.114 e. The Bertz CT molecular complexity index is 784. The molecule has 120 valence electrons. The lowest BCUT2D eigenvalue weighted by Crippen LogP contribution is -2.18. The largest absolute Gasteiger partial charge is 0.331 e. The van der Waals surface area contributed by atoms with Crippen LogP contribution in [-0.4, -0.2) is 16.1 Å². The number of nitrogens with zero attached hydrogens (tertiary/aromatic N) is 2. The highest BCUT2D eigenvalue weighted by Crippen LogP contribution is 2.24. The summed E-state index contributed by atoms with van der Waals surface area (Å²) < 4.78 is 2.18. The van der Waals surface area contributed by atoms with Gasteiger partial charge in [-0.15, -0.1) is 0 Å². The molecule has 0 saturated carbocycles. The van der Waals surface area contributed by atoms with E-state index in [4.69, 9.17) is 10.7 Å². The lowest BCUT2D eigenvalue weighted by Gasteiger charge is -2.15. The first kappa shape index (κ1) is 15.8. The van der Waals surface area contributed by atoms with E-state index in [9.17, 15) is 0 Å². The molecular weight excluding hydrogens is 282 g/mol. The highest BCUT2D eigenvalue weighted by Gasteiger charge is 2.18. The number of benzene rings is 2. The van der Waals surface area contributed by atoms with E-state index in [-0.39, 0.29) is 5.92 Å². The van der Waals surface area contributed by atoms with Crippen LogP contribution in [0.3, 0.4) is 0 Å². The number of aromatic nitrogens is 2. The quantitative estimate of drug-likeness (QED) is 0.775. The van der Waals surface area contributed by atoms with E-state index in [1.54, 1.807) is 0 Å². The Kier molecular flexibility index (Phi) is 4.49. The van der Waals surface area contributed by atoms with E-state index < -0.39 is 0 Å². The molecule has 3 aromatic rings. The van der Waals surface area contributed by atoms with Crippen LogP contribution in [0.4, 0.5) is 0 Å². The molecule has 0 aliphatic carbocycles. The lowest BCUT2D eigenvalue weighted by molar-refractivity contribution is 0.622. The summed E-state index contributed by atoms with van der Waals surface area (Å²) in [7, 11) is 2.08. The van der Waals surface area contributed by atoms with E-state index in [1.807, 2.05) is 6.07 Å². The standard InChI is InChI=1S/C20H25N3/c1-14(2)16-10-8-15(9-11-16)12-17(13-21)20-22-18-6-4-5-7-19(18)23(20)3/h4-11,14,17H,12-13,21H2,1-3H3. The van der Waals surface area contributed by atoms with Crippen LogP contribution in [0.2, 0.25) is 0 Å². The summed E-state index contributed by atoms with van der Waals surface area (Å²) in [5, 5.41) is 0. The molecule has 0 aliphatic rings. The van der Waals surface area contributed by atoms with Gasteiger partial charge in [0.05, 0.1) is 11.0 Å². The number of rotatable bonds is 5. The van der Waals surface area contributed by atoms with Crippen molar-refractivity contribution in [2.24, 2.45) is 12.8 Å². The molecule has 1 atom stereocenters. The van der Waals surface area contributed by atoms with Crippen LogP contribution >= 0.6 is 0 Å². The van der Waals surface area contributed by atoms with Gasteiger partial charge in [0.25, 0.3) is 0 Å². The van der Waals surface area contributed by atoms with Crippen LogP contribution in [0.15, 0.2) is 48.5 Å². The van der Waals surface area contributed by atoms with E-state index in [1.165, 1.54) is 11.1 Å². The number of nitrogens with two attached hydrogens (primary N) is 1. The Morgan fingerprint density at radius 1 is 1.04 bits per heavy atom. The highest BCUT2D eigenvalue weighted by atomic mass is 15.1. The number of para-hydroxylation sites is 2.